The molecule has 1 aromatic heterocycles. The number of carbonyl (C=O) groups excluding carboxylic acids is 1. The van der Waals surface area contributed by atoms with Crippen molar-refractivity contribution in [3.05, 3.63) is 65.9 Å². The van der Waals surface area contributed by atoms with Crippen molar-refractivity contribution >= 4 is 28.6 Å². The summed E-state index contributed by atoms with van der Waals surface area (Å²) in [6.07, 6.45) is 4.50. The van der Waals surface area contributed by atoms with Crippen molar-refractivity contribution in [3.8, 4) is 0 Å². The van der Waals surface area contributed by atoms with Crippen molar-refractivity contribution in [2.24, 2.45) is 0 Å². The summed E-state index contributed by atoms with van der Waals surface area (Å²) >= 11 is 1.60. The van der Waals surface area contributed by atoms with Crippen molar-refractivity contribution in [1.29, 1.82) is 0 Å². The molecule has 0 bridgehead atoms. The van der Waals surface area contributed by atoms with Gasteiger partial charge in [0.1, 0.15) is 0 Å². The van der Waals surface area contributed by atoms with E-state index in [4.69, 9.17) is 4.74 Å². The molecule has 2 aromatic carbocycles. The molecule has 1 N–H and O–H groups in total. The fourth-order valence-electron chi connectivity index (χ4n) is 3.66. The molecule has 1 aliphatic rings. The van der Waals surface area contributed by atoms with Crippen LogP contribution in [0.15, 0.2) is 59.6 Å². The van der Waals surface area contributed by atoms with Gasteiger partial charge in [-0.15, -0.1) is 11.8 Å². The summed E-state index contributed by atoms with van der Waals surface area (Å²) in [4.78, 5) is 13.4. The number of ether oxygens (including phenoxy) is 1. The molecule has 0 spiro atoms. The van der Waals surface area contributed by atoms with E-state index in [2.05, 4.69) is 71.5 Å². The van der Waals surface area contributed by atoms with Crippen molar-refractivity contribution in [2.45, 2.75) is 37.3 Å². The highest BCUT2D eigenvalue weighted by molar-refractivity contribution is 8.00. The maximum atomic E-state index is 12.3. The van der Waals surface area contributed by atoms with Crippen molar-refractivity contribution in [3.63, 3.8) is 0 Å². The predicted octanol–water partition coefficient (Wildman–Crippen LogP) is 4.39. The molecule has 1 amide bonds. The second-order valence-corrected chi connectivity index (χ2v) is 8.31. The van der Waals surface area contributed by atoms with E-state index in [0.29, 0.717) is 12.3 Å². The molecule has 1 fully saturated rings. The number of hydrogen-bond donors (Lipinski definition) is 1. The van der Waals surface area contributed by atoms with Crippen LogP contribution in [0.25, 0.3) is 10.9 Å². The van der Waals surface area contributed by atoms with Crippen LogP contribution < -0.4 is 5.32 Å². The van der Waals surface area contributed by atoms with E-state index in [1.165, 1.54) is 22.0 Å². The van der Waals surface area contributed by atoms with Crippen LogP contribution in [-0.2, 0) is 16.1 Å². The summed E-state index contributed by atoms with van der Waals surface area (Å²) in [5.74, 6) is 0.488. The molecule has 5 heteroatoms. The zero-order valence-corrected chi connectivity index (χ0v) is 17.0. The quantitative estimate of drug-likeness (QED) is 0.605. The third kappa shape index (κ3) is 4.42. The number of hydrogen-bond acceptors (Lipinski definition) is 3. The Bertz CT molecular complexity index is 960. The van der Waals surface area contributed by atoms with E-state index in [9.17, 15) is 4.79 Å². The van der Waals surface area contributed by atoms with Gasteiger partial charge in [-0.25, -0.2) is 0 Å². The van der Waals surface area contributed by atoms with Crippen LogP contribution in [0.1, 0.15) is 24.0 Å². The molecule has 0 saturated carbocycles. The third-order valence-corrected chi connectivity index (χ3v) is 6.31. The van der Waals surface area contributed by atoms with Gasteiger partial charge in [0.05, 0.1) is 11.9 Å². The lowest BCUT2D eigenvalue weighted by atomic mass is 10.1. The lowest BCUT2D eigenvalue weighted by molar-refractivity contribution is -0.119. The number of aromatic nitrogens is 1. The van der Waals surface area contributed by atoms with E-state index in [1.54, 1.807) is 11.8 Å². The van der Waals surface area contributed by atoms with Crippen molar-refractivity contribution < 1.29 is 9.53 Å². The molecule has 28 heavy (non-hydrogen) atoms. The van der Waals surface area contributed by atoms with Gasteiger partial charge in [-0.2, -0.15) is 0 Å². The molecule has 1 aliphatic heterocycles. The standard InChI is InChI=1S/C23H26N2O2S/c1-17-7-2-3-8-18(17)14-25-15-22(20-10-4-5-11-21(20)25)28-16-23(26)24-13-19-9-6-12-27-19/h2-5,7-8,10-11,15,19H,6,9,12-14,16H2,1H3,(H,24,26). The zero-order chi connectivity index (χ0) is 19.3. The summed E-state index contributed by atoms with van der Waals surface area (Å²) in [6, 6.07) is 16.9. The van der Waals surface area contributed by atoms with Gasteiger partial charge in [-0.1, -0.05) is 42.5 Å². The van der Waals surface area contributed by atoms with Gasteiger partial charge < -0.3 is 14.6 Å². The van der Waals surface area contributed by atoms with Crippen LogP contribution in [0.2, 0.25) is 0 Å². The first kappa shape index (κ1) is 19.1. The Kier molecular flexibility index (Phi) is 6.03. The molecule has 1 atom stereocenters. The Morgan fingerprint density at radius 2 is 2.04 bits per heavy atom. The number of aryl methyl sites for hydroxylation is 1. The molecular weight excluding hydrogens is 368 g/mol. The van der Waals surface area contributed by atoms with Crippen LogP contribution in [0.4, 0.5) is 0 Å². The number of carbonyl (C=O) groups is 1. The number of fused-ring (bicyclic) bond motifs is 1. The molecule has 4 rings (SSSR count). The molecule has 4 nitrogen and oxygen atoms in total. The van der Waals surface area contributed by atoms with Gasteiger partial charge in [-0.3, -0.25) is 4.79 Å². The number of rotatable bonds is 7. The highest BCUT2D eigenvalue weighted by Crippen LogP contribution is 2.30. The molecule has 3 aromatic rings. The molecule has 1 unspecified atom stereocenters. The summed E-state index contributed by atoms with van der Waals surface area (Å²) in [5, 5.41) is 4.21. The normalized spacial score (nSPS) is 16.5. The fraction of sp³-hybridized carbons (Fsp3) is 0.348. The topological polar surface area (TPSA) is 43.3 Å². The Balaban J connectivity index is 1.45. The van der Waals surface area contributed by atoms with E-state index in [-0.39, 0.29) is 12.0 Å². The Labute approximate surface area is 170 Å². The number of nitrogens with one attached hydrogen (secondary N) is 1. The average Bonchev–Trinajstić information content (AvgIpc) is 3.35. The zero-order valence-electron chi connectivity index (χ0n) is 16.2. The highest BCUT2D eigenvalue weighted by atomic mass is 32.2. The van der Waals surface area contributed by atoms with Gasteiger partial charge in [0, 0.05) is 41.7 Å². The summed E-state index contributed by atoms with van der Waals surface area (Å²) < 4.78 is 7.85. The van der Waals surface area contributed by atoms with Crippen LogP contribution in [0.5, 0.6) is 0 Å². The SMILES string of the molecule is Cc1ccccc1Cn1cc(SCC(=O)NCC2CCCO2)c2ccccc21. The molecule has 0 aliphatic carbocycles. The van der Waals surface area contributed by atoms with E-state index < -0.39 is 0 Å². The first-order valence-electron chi connectivity index (χ1n) is 9.84. The maximum Gasteiger partial charge on any atom is 0.230 e. The van der Waals surface area contributed by atoms with Crippen molar-refractivity contribution in [1.82, 2.24) is 9.88 Å². The summed E-state index contributed by atoms with van der Waals surface area (Å²) in [7, 11) is 0. The van der Waals surface area contributed by atoms with E-state index in [0.717, 1.165) is 30.9 Å². The third-order valence-electron chi connectivity index (χ3n) is 5.26. The number of para-hydroxylation sites is 1. The second-order valence-electron chi connectivity index (χ2n) is 7.29. The lowest BCUT2D eigenvalue weighted by Crippen LogP contribution is -2.32. The molecule has 0 radical (unpaired) electrons. The first-order chi connectivity index (χ1) is 13.7. The minimum absolute atomic E-state index is 0.0660. The average molecular weight is 395 g/mol. The van der Waals surface area contributed by atoms with Crippen LogP contribution in [0, 0.1) is 6.92 Å². The molecule has 1 saturated heterocycles. The smallest absolute Gasteiger partial charge is 0.230 e. The highest BCUT2D eigenvalue weighted by Gasteiger charge is 2.17. The van der Waals surface area contributed by atoms with E-state index in [1.807, 2.05) is 0 Å². The van der Waals surface area contributed by atoms with Gasteiger partial charge in [0.15, 0.2) is 0 Å². The number of thioether (sulfide) groups is 1. The minimum atomic E-state index is 0.0660. The fourth-order valence-corrected chi connectivity index (χ4v) is 4.58. The Hall–Kier alpha value is -2.24. The summed E-state index contributed by atoms with van der Waals surface area (Å²) in [5.41, 5.74) is 3.81. The number of amides is 1. The van der Waals surface area contributed by atoms with Crippen molar-refractivity contribution in [2.75, 3.05) is 18.9 Å². The number of nitrogens with zero attached hydrogens (tertiary/aromatic N) is 1. The minimum Gasteiger partial charge on any atom is -0.376 e. The Morgan fingerprint density at radius 3 is 2.86 bits per heavy atom. The second kappa shape index (κ2) is 8.84. The van der Waals surface area contributed by atoms with Gasteiger partial charge >= 0.3 is 0 Å². The first-order valence-corrected chi connectivity index (χ1v) is 10.8. The molecular formula is C23H26N2O2S. The molecule has 146 valence electrons. The van der Waals surface area contributed by atoms with Crippen LogP contribution >= 0.6 is 11.8 Å². The largest absolute Gasteiger partial charge is 0.376 e. The van der Waals surface area contributed by atoms with Crippen LogP contribution in [0.3, 0.4) is 0 Å². The van der Waals surface area contributed by atoms with Gasteiger partial charge in [-0.05, 0) is 37.0 Å². The Morgan fingerprint density at radius 1 is 1.21 bits per heavy atom. The van der Waals surface area contributed by atoms with Crippen LogP contribution in [-0.4, -0.2) is 35.5 Å². The lowest BCUT2D eigenvalue weighted by Gasteiger charge is -2.10. The predicted molar refractivity (Wildman–Crippen MR) is 115 cm³/mol. The molecule has 2 heterocycles. The van der Waals surface area contributed by atoms with Gasteiger partial charge in [0.2, 0.25) is 5.91 Å². The maximum absolute atomic E-state index is 12.3. The summed E-state index contributed by atoms with van der Waals surface area (Å²) in [6.45, 7) is 4.41. The van der Waals surface area contributed by atoms with Gasteiger partial charge in [0.25, 0.3) is 0 Å². The number of benzene rings is 2. The monoisotopic (exact) mass is 394 g/mol. The van der Waals surface area contributed by atoms with E-state index >= 15 is 0 Å².